The van der Waals surface area contributed by atoms with Gasteiger partial charge in [-0.25, -0.2) is 18.0 Å². The van der Waals surface area contributed by atoms with Gasteiger partial charge in [-0.3, -0.25) is 0 Å². The maximum absolute atomic E-state index is 11.8. The predicted molar refractivity (Wildman–Crippen MR) is 75.9 cm³/mol. The van der Waals surface area contributed by atoms with Crippen molar-refractivity contribution in [2.24, 2.45) is 0 Å². The molecule has 0 aromatic rings. The van der Waals surface area contributed by atoms with Crippen LogP contribution >= 0.6 is 0 Å². The van der Waals surface area contributed by atoms with Gasteiger partial charge in [-0.2, -0.15) is 0 Å². The molecule has 21 heavy (non-hydrogen) atoms. The van der Waals surface area contributed by atoms with Crippen molar-refractivity contribution in [2.45, 2.75) is 37.8 Å². The molecule has 0 bridgehead atoms. The molecule has 1 aliphatic heterocycles. The molecule has 3 N–H and O–H groups in total. The molecular formula is C12H22N2O6S. The van der Waals surface area contributed by atoms with Crippen LogP contribution in [0.15, 0.2) is 0 Å². The molecule has 0 aliphatic carbocycles. The van der Waals surface area contributed by atoms with Gasteiger partial charge >= 0.3 is 12.0 Å². The van der Waals surface area contributed by atoms with Gasteiger partial charge in [0.1, 0.15) is 6.04 Å². The average Bonchev–Trinajstić information content (AvgIpc) is 2.36. The predicted octanol–water partition coefficient (Wildman–Crippen LogP) is -0.257. The average molecular weight is 322 g/mol. The van der Waals surface area contributed by atoms with Crippen LogP contribution in [0.2, 0.25) is 0 Å². The van der Waals surface area contributed by atoms with Crippen molar-refractivity contribution in [3.8, 4) is 0 Å². The van der Waals surface area contributed by atoms with Crippen molar-refractivity contribution >= 4 is 21.8 Å². The first kappa shape index (κ1) is 17.7. The molecule has 1 saturated heterocycles. The van der Waals surface area contributed by atoms with Crippen LogP contribution in [0.1, 0.15) is 25.7 Å². The van der Waals surface area contributed by atoms with E-state index >= 15 is 0 Å². The first-order valence-electron chi connectivity index (χ1n) is 6.83. The Morgan fingerprint density at radius 2 is 2.14 bits per heavy atom. The number of aliphatic carboxylic acids is 1. The summed E-state index contributed by atoms with van der Waals surface area (Å²) in [4.78, 5) is 22.8. The standard InChI is InChI=1S/C12H22N2O6S/c1-20-6-2-5-10(11(15)16)14-12(17)13-9-4-3-7-21(18,19)8-9/h9-10H,2-8H2,1H3,(H,15,16)(H2,13,14,17). The third-order valence-electron chi connectivity index (χ3n) is 3.24. The summed E-state index contributed by atoms with van der Waals surface area (Å²) in [6.45, 7) is 0.411. The van der Waals surface area contributed by atoms with Gasteiger partial charge in [0.05, 0.1) is 11.5 Å². The van der Waals surface area contributed by atoms with E-state index < -0.39 is 33.9 Å². The molecule has 1 fully saturated rings. The van der Waals surface area contributed by atoms with Crippen molar-refractivity contribution in [3.05, 3.63) is 0 Å². The fourth-order valence-corrected chi connectivity index (χ4v) is 3.85. The summed E-state index contributed by atoms with van der Waals surface area (Å²) in [5.41, 5.74) is 0. The number of carboxylic acid groups (broad SMARTS) is 1. The van der Waals surface area contributed by atoms with Crippen molar-refractivity contribution in [1.82, 2.24) is 10.6 Å². The number of carbonyl (C=O) groups excluding carboxylic acids is 1. The zero-order valence-electron chi connectivity index (χ0n) is 12.0. The minimum Gasteiger partial charge on any atom is -0.480 e. The minimum atomic E-state index is -3.12. The van der Waals surface area contributed by atoms with Crippen LogP contribution in [0.25, 0.3) is 0 Å². The monoisotopic (exact) mass is 322 g/mol. The number of sulfone groups is 1. The Morgan fingerprint density at radius 3 is 2.71 bits per heavy atom. The number of hydrogen-bond acceptors (Lipinski definition) is 5. The second-order valence-corrected chi connectivity index (χ2v) is 7.33. The number of carbonyl (C=O) groups is 2. The molecule has 0 saturated carbocycles. The molecule has 2 amide bonds. The van der Waals surface area contributed by atoms with Gasteiger partial charge in [0.15, 0.2) is 9.84 Å². The topological polar surface area (TPSA) is 122 Å². The number of carboxylic acids is 1. The van der Waals surface area contributed by atoms with E-state index in [1.807, 2.05) is 0 Å². The maximum atomic E-state index is 11.8. The van der Waals surface area contributed by atoms with E-state index in [-0.39, 0.29) is 17.9 Å². The number of urea groups is 1. The number of ether oxygens (including phenoxy) is 1. The molecule has 8 nitrogen and oxygen atoms in total. The quantitative estimate of drug-likeness (QED) is 0.555. The third kappa shape index (κ3) is 6.76. The number of methoxy groups -OCH3 is 1. The van der Waals surface area contributed by atoms with Crippen LogP contribution in [-0.2, 0) is 19.4 Å². The molecule has 0 spiro atoms. The lowest BCUT2D eigenvalue weighted by atomic mass is 10.1. The van der Waals surface area contributed by atoms with Gasteiger partial charge in [0, 0.05) is 19.8 Å². The lowest BCUT2D eigenvalue weighted by molar-refractivity contribution is -0.139. The van der Waals surface area contributed by atoms with Crippen LogP contribution in [-0.4, -0.2) is 62.8 Å². The van der Waals surface area contributed by atoms with E-state index in [1.165, 1.54) is 7.11 Å². The molecule has 9 heteroatoms. The van der Waals surface area contributed by atoms with E-state index in [0.29, 0.717) is 25.9 Å². The molecule has 0 radical (unpaired) electrons. The van der Waals surface area contributed by atoms with E-state index in [9.17, 15) is 18.0 Å². The summed E-state index contributed by atoms with van der Waals surface area (Å²) < 4.78 is 27.8. The lowest BCUT2D eigenvalue weighted by Crippen LogP contribution is -2.51. The van der Waals surface area contributed by atoms with Gasteiger partial charge < -0.3 is 20.5 Å². The van der Waals surface area contributed by atoms with Gasteiger partial charge in [0.2, 0.25) is 0 Å². The Hall–Kier alpha value is -1.35. The highest BCUT2D eigenvalue weighted by Crippen LogP contribution is 2.11. The SMILES string of the molecule is COCCCC(NC(=O)NC1CCCS(=O)(=O)C1)C(=O)O. The Kier molecular flexibility index (Phi) is 6.90. The summed E-state index contributed by atoms with van der Waals surface area (Å²) in [6, 6.07) is -2.13. The van der Waals surface area contributed by atoms with Gasteiger partial charge in [0.25, 0.3) is 0 Å². The molecule has 122 valence electrons. The highest BCUT2D eigenvalue weighted by atomic mass is 32.2. The largest absolute Gasteiger partial charge is 0.480 e. The summed E-state index contributed by atoms with van der Waals surface area (Å²) in [6.07, 6.45) is 1.84. The smallest absolute Gasteiger partial charge is 0.326 e. The lowest BCUT2D eigenvalue weighted by Gasteiger charge is -2.24. The molecule has 0 aromatic carbocycles. The molecule has 2 atom stereocenters. The number of rotatable bonds is 7. The van der Waals surface area contributed by atoms with Crippen molar-refractivity contribution in [3.63, 3.8) is 0 Å². The van der Waals surface area contributed by atoms with E-state index in [4.69, 9.17) is 9.84 Å². The minimum absolute atomic E-state index is 0.0954. The van der Waals surface area contributed by atoms with Crippen LogP contribution < -0.4 is 10.6 Å². The molecular weight excluding hydrogens is 300 g/mol. The van der Waals surface area contributed by atoms with Crippen LogP contribution in [0.4, 0.5) is 4.79 Å². The molecule has 0 aromatic heterocycles. The van der Waals surface area contributed by atoms with Gasteiger partial charge in [-0.05, 0) is 25.7 Å². The molecule has 1 aliphatic rings. The summed E-state index contributed by atoms with van der Waals surface area (Å²) >= 11 is 0. The highest BCUT2D eigenvalue weighted by molar-refractivity contribution is 7.91. The fourth-order valence-electron chi connectivity index (χ4n) is 2.21. The van der Waals surface area contributed by atoms with Crippen molar-refractivity contribution in [1.29, 1.82) is 0 Å². The van der Waals surface area contributed by atoms with Gasteiger partial charge in [-0.1, -0.05) is 0 Å². The van der Waals surface area contributed by atoms with Crippen LogP contribution in [0.5, 0.6) is 0 Å². The first-order chi connectivity index (χ1) is 9.84. The van der Waals surface area contributed by atoms with Gasteiger partial charge in [-0.15, -0.1) is 0 Å². The van der Waals surface area contributed by atoms with Crippen LogP contribution in [0, 0.1) is 0 Å². The number of hydrogen-bond donors (Lipinski definition) is 3. The maximum Gasteiger partial charge on any atom is 0.326 e. The zero-order chi connectivity index (χ0) is 15.9. The Balaban J connectivity index is 2.44. The Bertz CT molecular complexity index is 464. The second-order valence-electron chi connectivity index (χ2n) is 5.10. The summed E-state index contributed by atoms with van der Waals surface area (Å²) in [5, 5.41) is 13.9. The third-order valence-corrected chi connectivity index (χ3v) is 5.06. The van der Waals surface area contributed by atoms with Crippen molar-refractivity contribution in [2.75, 3.05) is 25.2 Å². The van der Waals surface area contributed by atoms with Crippen LogP contribution in [0.3, 0.4) is 0 Å². The molecule has 1 heterocycles. The first-order valence-corrected chi connectivity index (χ1v) is 8.65. The number of nitrogens with one attached hydrogen (secondary N) is 2. The van der Waals surface area contributed by atoms with E-state index in [2.05, 4.69) is 10.6 Å². The summed E-state index contributed by atoms with van der Waals surface area (Å²) in [5.74, 6) is -1.08. The molecule has 2 unspecified atom stereocenters. The number of amides is 2. The Morgan fingerprint density at radius 1 is 1.43 bits per heavy atom. The second kappa shape index (κ2) is 8.18. The van der Waals surface area contributed by atoms with E-state index in [0.717, 1.165) is 0 Å². The molecule has 1 rings (SSSR count). The van der Waals surface area contributed by atoms with Crippen molar-refractivity contribution < 1.29 is 27.9 Å². The summed E-state index contributed by atoms with van der Waals surface area (Å²) in [7, 11) is -1.60. The zero-order valence-corrected chi connectivity index (χ0v) is 12.8. The normalized spacial score (nSPS) is 22.2. The Labute approximate surface area is 124 Å². The van der Waals surface area contributed by atoms with E-state index in [1.54, 1.807) is 0 Å². The fraction of sp³-hybridized carbons (Fsp3) is 0.833. The highest BCUT2D eigenvalue weighted by Gasteiger charge is 2.27.